The highest BCUT2D eigenvalue weighted by Gasteiger charge is 2.28. The predicted octanol–water partition coefficient (Wildman–Crippen LogP) is 2.12. The molecule has 0 aromatic carbocycles. The Balaban J connectivity index is 1.79. The predicted molar refractivity (Wildman–Crippen MR) is 60.8 cm³/mol. The SMILES string of the molecule is c1cnn(C(Cn2ccnc2)C2CCC2)c1. The fraction of sp³-hybridized carbons (Fsp3) is 0.500. The van der Waals surface area contributed by atoms with Gasteiger partial charge in [-0.25, -0.2) is 4.98 Å². The number of aromatic nitrogens is 4. The van der Waals surface area contributed by atoms with Gasteiger partial charge in [0.1, 0.15) is 0 Å². The Hall–Kier alpha value is -1.58. The smallest absolute Gasteiger partial charge is 0.0946 e. The van der Waals surface area contributed by atoms with E-state index >= 15 is 0 Å². The molecule has 0 N–H and O–H groups in total. The molecule has 2 aromatic rings. The molecule has 0 radical (unpaired) electrons. The first-order chi connectivity index (χ1) is 7.93. The van der Waals surface area contributed by atoms with E-state index in [9.17, 15) is 0 Å². The largest absolute Gasteiger partial charge is 0.335 e. The van der Waals surface area contributed by atoms with Crippen LogP contribution in [0.1, 0.15) is 25.3 Å². The lowest BCUT2D eigenvalue weighted by Crippen LogP contribution is -2.28. The second-order valence-electron chi connectivity index (χ2n) is 4.50. The van der Waals surface area contributed by atoms with E-state index in [4.69, 9.17) is 0 Å². The molecule has 1 aliphatic rings. The van der Waals surface area contributed by atoms with E-state index in [2.05, 4.69) is 25.5 Å². The Morgan fingerprint density at radius 3 is 2.75 bits per heavy atom. The molecule has 1 aliphatic carbocycles. The van der Waals surface area contributed by atoms with Gasteiger partial charge in [0.2, 0.25) is 0 Å². The molecule has 1 unspecified atom stereocenters. The van der Waals surface area contributed by atoms with Gasteiger partial charge >= 0.3 is 0 Å². The molecule has 1 atom stereocenters. The summed E-state index contributed by atoms with van der Waals surface area (Å²) in [6, 6.07) is 2.48. The molecule has 0 amide bonds. The van der Waals surface area contributed by atoms with Gasteiger partial charge in [0.25, 0.3) is 0 Å². The van der Waals surface area contributed by atoms with Crippen LogP contribution in [0.5, 0.6) is 0 Å². The molecule has 2 aromatic heterocycles. The molecule has 4 nitrogen and oxygen atoms in total. The van der Waals surface area contributed by atoms with Crippen molar-refractivity contribution >= 4 is 0 Å². The Labute approximate surface area is 94.9 Å². The van der Waals surface area contributed by atoms with Crippen molar-refractivity contribution in [2.24, 2.45) is 5.92 Å². The zero-order valence-electron chi connectivity index (χ0n) is 9.24. The summed E-state index contributed by atoms with van der Waals surface area (Å²) < 4.78 is 4.24. The van der Waals surface area contributed by atoms with Crippen molar-refractivity contribution in [2.45, 2.75) is 31.8 Å². The van der Waals surface area contributed by atoms with Gasteiger partial charge in [0, 0.05) is 31.3 Å². The van der Waals surface area contributed by atoms with Crippen LogP contribution in [-0.4, -0.2) is 19.3 Å². The second-order valence-corrected chi connectivity index (χ2v) is 4.50. The summed E-state index contributed by atoms with van der Waals surface area (Å²) in [6.07, 6.45) is 13.7. The van der Waals surface area contributed by atoms with Crippen LogP contribution in [0.15, 0.2) is 37.2 Å². The van der Waals surface area contributed by atoms with Crippen molar-refractivity contribution in [3.63, 3.8) is 0 Å². The number of imidazole rings is 1. The van der Waals surface area contributed by atoms with Gasteiger partial charge in [-0.15, -0.1) is 0 Å². The van der Waals surface area contributed by atoms with Crippen molar-refractivity contribution < 1.29 is 0 Å². The average Bonchev–Trinajstić information content (AvgIpc) is 2.86. The normalized spacial score (nSPS) is 18.2. The molecule has 84 valence electrons. The van der Waals surface area contributed by atoms with Gasteiger partial charge < -0.3 is 4.57 Å². The minimum atomic E-state index is 0.484. The maximum absolute atomic E-state index is 4.38. The van der Waals surface area contributed by atoms with E-state index < -0.39 is 0 Å². The van der Waals surface area contributed by atoms with Gasteiger partial charge in [-0.1, -0.05) is 6.42 Å². The van der Waals surface area contributed by atoms with E-state index in [1.54, 1.807) is 0 Å². The van der Waals surface area contributed by atoms with Crippen LogP contribution in [0.4, 0.5) is 0 Å². The zero-order chi connectivity index (χ0) is 10.8. The minimum absolute atomic E-state index is 0.484. The van der Waals surface area contributed by atoms with E-state index in [1.807, 2.05) is 31.0 Å². The van der Waals surface area contributed by atoms with Gasteiger partial charge in [-0.05, 0) is 24.8 Å². The highest BCUT2D eigenvalue weighted by Crippen LogP contribution is 2.36. The van der Waals surface area contributed by atoms with Crippen molar-refractivity contribution in [1.82, 2.24) is 19.3 Å². The van der Waals surface area contributed by atoms with E-state index in [-0.39, 0.29) is 0 Å². The molecule has 0 aliphatic heterocycles. The summed E-state index contributed by atoms with van der Waals surface area (Å²) in [6.45, 7) is 0.979. The van der Waals surface area contributed by atoms with Gasteiger partial charge in [0.15, 0.2) is 0 Å². The van der Waals surface area contributed by atoms with Crippen LogP contribution in [0, 0.1) is 5.92 Å². The maximum Gasteiger partial charge on any atom is 0.0946 e. The monoisotopic (exact) mass is 216 g/mol. The Morgan fingerprint density at radius 2 is 2.19 bits per heavy atom. The fourth-order valence-corrected chi connectivity index (χ4v) is 2.36. The first kappa shape index (κ1) is 9.63. The fourth-order valence-electron chi connectivity index (χ4n) is 2.36. The second kappa shape index (κ2) is 4.12. The van der Waals surface area contributed by atoms with E-state index in [1.165, 1.54) is 19.3 Å². The van der Waals surface area contributed by atoms with Crippen LogP contribution in [0.25, 0.3) is 0 Å². The van der Waals surface area contributed by atoms with E-state index in [0.29, 0.717) is 6.04 Å². The summed E-state index contributed by atoms with van der Waals surface area (Å²) in [4.78, 5) is 4.09. The summed E-state index contributed by atoms with van der Waals surface area (Å²) in [5, 5.41) is 4.38. The van der Waals surface area contributed by atoms with E-state index in [0.717, 1.165) is 12.5 Å². The first-order valence-electron chi connectivity index (χ1n) is 5.88. The number of rotatable bonds is 4. The van der Waals surface area contributed by atoms with Crippen LogP contribution in [-0.2, 0) is 6.54 Å². The lowest BCUT2D eigenvalue weighted by Gasteiger charge is -2.34. The molecule has 1 fully saturated rings. The lowest BCUT2D eigenvalue weighted by atomic mass is 9.79. The minimum Gasteiger partial charge on any atom is -0.335 e. The van der Waals surface area contributed by atoms with Gasteiger partial charge in [0.05, 0.1) is 12.4 Å². The van der Waals surface area contributed by atoms with Crippen molar-refractivity contribution in [1.29, 1.82) is 0 Å². The Morgan fingerprint density at radius 1 is 1.25 bits per heavy atom. The first-order valence-corrected chi connectivity index (χ1v) is 5.88. The molecule has 3 rings (SSSR count). The van der Waals surface area contributed by atoms with Crippen LogP contribution in [0.2, 0.25) is 0 Å². The number of hydrogen-bond donors (Lipinski definition) is 0. The summed E-state index contributed by atoms with van der Waals surface area (Å²) in [7, 11) is 0. The molecule has 2 heterocycles. The molecule has 0 bridgehead atoms. The molecular formula is C12H16N4. The molecule has 1 saturated carbocycles. The molecule has 0 saturated heterocycles. The quantitative estimate of drug-likeness (QED) is 0.784. The third-order valence-electron chi connectivity index (χ3n) is 3.52. The molecule has 4 heteroatoms. The third-order valence-corrected chi connectivity index (χ3v) is 3.52. The summed E-state index contributed by atoms with van der Waals surface area (Å²) >= 11 is 0. The van der Waals surface area contributed by atoms with Gasteiger partial charge in [-0.2, -0.15) is 5.10 Å². The highest BCUT2D eigenvalue weighted by molar-refractivity contribution is 4.88. The molecule has 0 spiro atoms. The number of hydrogen-bond acceptors (Lipinski definition) is 2. The van der Waals surface area contributed by atoms with Crippen LogP contribution < -0.4 is 0 Å². The Bertz CT molecular complexity index is 414. The Kier molecular flexibility index (Phi) is 2.48. The topological polar surface area (TPSA) is 35.6 Å². The molecule has 16 heavy (non-hydrogen) atoms. The molecular weight excluding hydrogens is 200 g/mol. The standard InChI is InChI=1S/C12H16N4/c1-3-11(4-1)12(16-7-2-5-14-16)9-15-8-6-13-10-15/h2,5-8,10-12H,1,3-4,9H2. The summed E-state index contributed by atoms with van der Waals surface area (Å²) in [5.41, 5.74) is 0. The summed E-state index contributed by atoms with van der Waals surface area (Å²) in [5.74, 6) is 0.780. The lowest BCUT2D eigenvalue weighted by molar-refractivity contribution is 0.177. The van der Waals surface area contributed by atoms with Crippen molar-refractivity contribution in [2.75, 3.05) is 0 Å². The van der Waals surface area contributed by atoms with Gasteiger partial charge in [-0.3, -0.25) is 4.68 Å². The van der Waals surface area contributed by atoms with Crippen LogP contribution >= 0.6 is 0 Å². The average molecular weight is 216 g/mol. The zero-order valence-corrected chi connectivity index (χ0v) is 9.24. The van der Waals surface area contributed by atoms with Crippen molar-refractivity contribution in [3.8, 4) is 0 Å². The van der Waals surface area contributed by atoms with Crippen LogP contribution in [0.3, 0.4) is 0 Å². The number of nitrogens with zero attached hydrogens (tertiary/aromatic N) is 4. The highest BCUT2D eigenvalue weighted by atomic mass is 15.3. The maximum atomic E-state index is 4.38. The third kappa shape index (κ3) is 1.75. The van der Waals surface area contributed by atoms with Crippen molar-refractivity contribution in [3.05, 3.63) is 37.2 Å².